The van der Waals surface area contributed by atoms with Crippen molar-refractivity contribution in [2.24, 2.45) is 0 Å². The second-order valence-corrected chi connectivity index (χ2v) is 16.1. The van der Waals surface area contributed by atoms with E-state index in [0.717, 1.165) is 78.5 Å². The Bertz CT molecular complexity index is 3230. The maximum absolute atomic E-state index is 4.62. The summed E-state index contributed by atoms with van der Waals surface area (Å²) >= 11 is 0. The summed E-state index contributed by atoms with van der Waals surface area (Å²) in [4.78, 5) is 16.4. The molecule has 2 aromatic heterocycles. The zero-order valence-electron chi connectivity index (χ0n) is 35.1. The van der Waals surface area contributed by atoms with Gasteiger partial charge >= 0.3 is 0 Å². The fourth-order valence-corrected chi connectivity index (χ4v) is 9.29. The highest BCUT2D eigenvalue weighted by atomic mass is 15.2. The van der Waals surface area contributed by atoms with Crippen LogP contribution in [0.5, 0.6) is 0 Å². The molecule has 0 radical (unpaired) electrons. The van der Waals surface area contributed by atoms with Gasteiger partial charge in [0.05, 0.1) is 40.8 Å². The highest BCUT2D eigenvalue weighted by Gasteiger charge is 2.27. The number of hydrogen-bond acceptors (Lipinski definition) is 5. The largest absolute Gasteiger partial charge is 0.310 e. The van der Waals surface area contributed by atoms with E-state index in [4.69, 9.17) is 0 Å². The van der Waals surface area contributed by atoms with E-state index in [1.807, 2.05) is 36.9 Å². The number of rotatable bonds is 10. The Hall–Kier alpha value is -8.28. The van der Waals surface area contributed by atoms with E-state index in [9.17, 15) is 0 Å². The summed E-state index contributed by atoms with van der Waals surface area (Å²) in [6.45, 7) is 4.34. The predicted molar refractivity (Wildman–Crippen MR) is 265 cm³/mol. The van der Waals surface area contributed by atoms with E-state index in [-0.39, 0.29) is 0 Å². The van der Waals surface area contributed by atoms with Gasteiger partial charge in [-0.1, -0.05) is 115 Å². The standard InChI is InChI=1S/C58H43N5/c1-40-16-12-24-45(34-40)62(46-25-13-17-41(2)35-46)56-37-55(61(43-20-8-4-9-21-43)44-22-10-5-11-23-44)51-29-28-49-53(42-18-6-3-7-19-42)36-54(50-30-31-52(56)58(51)57(49)50)63(47-26-14-32-59-38-47)48-27-15-33-60-39-48/h3-39H,1-2H3. The van der Waals surface area contributed by atoms with E-state index in [1.54, 1.807) is 0 Å². The number of benzene rings is 9. The molecular formula is C58H43N5. The predicted octanol–water partition coefficient (Wildman–Crippen LogP) is 16.1. The molecule has 0 fully saturated rings. The van der Waals surface area contributed by atoms with Crippen LogP contribution in [0.3, 0.4) is 0 Å². The summed E-state index contributed by atoms with van der Waals surface area (Å²) < 4.78 is 0. The van der Waals surface area contributed by atoms with E-state index in [0.29, 0.717) is 0 Å². The highest BCUT2D eigenvalue weighted by Crippen LogP contribution is 2.53. The second kappa shape index (κ2) is 16.0. The molecule has 0 amide bonds. The van der Waals surface area contributed by atoms with Gasteiger partial charge in [-0.05, 0) is 126 Å². The average Bonchev–Trinajstić information content (AvgIpc) is 3.33. The summed E-state index contributed by atoms with van der Waals surface area (Å²) in [7, 11) is 0. The first-order valence-electron chi connectivity index (χ1n) is 21.4. The van der Waals surface area contributed by atoms with Crippen molar-refractivity contribution >= 4 is 83.5 Å². The molecule has 5 nitrogen and oxygen atoms in total. The Labute approximate surface area is 367 Å². The minimum atomic E-state index is 0.949. The number of para-hydroxylation sites is 2. The topological polar surface area (TPSA) is 35.5 Å². The number of aryl methyl sites for hydroxylation is 2. The molecule has 11 rings (SSSR count). The quantitative estimate of drug-likeness (QED) is 0.129. The van der Waals surface area contributed by atoms with Crippen LogP contribution in [0.1, 0.15) is 11.1 Å². The fourth-order valence-electron chi connectivity index (χ4n) is 9.29. The van der Waals surface area contributed by atoms with Crippen molar-refractivity contribution in [1.29, 1.82) is 0 Å². The molecule has 0 aliphatic rings. The van der Waals surface area contributed by atoms with Crippen molar-refractivity contribution < 1.29 is 0 Å². The van der Waals surface area contributed by atoms with Crippen molar-refractivity contribution in [1.82, 2.24) is 9.97 Å². The van der Waals surface area contributed by atoms with Crippen LogP contribution in [-0.4, -0.2) is 9.97 Å². The van der Waals surface area contributed by atoms with Gasteiger partial charge in [0, 0.05) is 62.1 Å². The Morgan fingerprint density at radius 1 is 0.317 bits per heavy atom. The summed E-state index contributed by atoms with van der Waals surface area (Å²) in [6.07, 6.45) is 7.52. The molecule has 9 aromatic carbocycles. The van der Waals surface area contributed by atoms with Crippen molar-refractivity contribution in [3.8, 4) is 11.1 Å². The van der Waals surface area contributed by atoms with Gasteiger partial charge in [-0.15, -0.1) is 0 Å². The lowest BCUT2D eigenvalue weighted by Crippen LogP contribution is -2.15. The van der Waals surface area contributed by atoms with E-state index < -0.39 is 0 Å². The third kappa shape index (κ3) is 6.77. The fraction of sp³-hybridized carbons (Fsp3) is 0.0345. The average molecular weight is 810 g/mol. The molecule has 0 bridgehead atoms. The minimum Gasteiger partial charge on any atom is -0.310 e. The summed E-state index contributed by atoms with van der Waals surface area (Å²) in [5.41, 5.74) is 14.1. The third-order valence-electron chi connectivity index (χ3n) is 12.0. The van der Waals surface area contributed by atoms with Crippen LogP contribution in [0.25, 0.3) is 43.4 Å². The molecule has 0 aliphatic carbocycles. The normalized spacial score (nSPS) is 11.3. The van der Waals surface area contributed by atoms with E-state index in [1.165, 1.54) is 27.3 Å². The first kappa shape index (κ1) is 37.7. The van der Waals surface area contributed by atoms with Crippen LogP contribution < -0.4 is 14.7 Å². The van der Waals surface area contributed by atoms with Gasteiger partial charge in [-0.25, -0.2) is 0 Å². The number of anilines is 9. The molecule has 0 aliphatic heterocycles. The van der Waals surface area contributed by atoms with Gasteiger partial charge in [-0.3, -0.25) is 9.97 Å². The molecule has 2 heterocycles. The van der Waals surface area contributed by atoms with Gasteiger partial charge in [-0.2, -0.15) is 0 Å². The van der Waals surface area contributed by atoms with Gasteiger partial charge < -0.3 is 14.7 Å². The van der Waals surface area contributed by atoms with Gasteiger partial charge in [0.1, 0.15) is 0 Å². The first-order valence-corrected chi connectivity index (χ1v) is 21.4. The number of hydrogen-bond donors (Lipinski definition) is 0. The lowest BCUT2D eigenvalue weighted by atomic mass is 9.87. The Morgan fingerprint density at radius 2 is 0.714 bits per heavy atom. The third-order valence-corrected chi connectivity index (χ3v) is 12.0. The Kier molecular flexibility index (Phi) is 9.55. The zero-order valence-corrected chi connectivity index (χ0v) is 35.1. The molecule has 0 saturated heterocycles. The number of nitrogens with zero attached hydrogens (tertiary/aromatic N) is 5. The van der Waals surface area contributed by atoms with Crippen LogP contribution in [-0.2, 0) is 0 Å². The monoisotopic (exact) mass is 809 g/mol. The molecule has 300 valence electrons. The SMILES string of the molecule is Cc1cccc(N(c2cccc(C)c2)c2cc(N(c3ccccc3)c3ccccc3)c3ccc4c(-c5ccccc5)cc(N(c5cccnc5)c5cccnc5)c5ccc2c3c45)c1. The smallest absolute Gasteiger partial charge is 0.0645 e. The maximum atomic E-state index is 4.62. The van der Waals surface area contributed by atoms with Crippen LogP contribution in [0, 0.1) is 13.8 Å². The molecule has 0 unspecified atom stereocenters. The molecular weight excluding hydrogens is 767 g/mol. The molecule has 11 aromatic rings. The highest BCUT2D eigenvalue weighted by molar-refractivity contribution is 6.32. The molecule has 63 heavy (non-hydrogen) atoms. The summed E-state index contributed by atoms with van der Waals surface area (Å²) in [6, 6.07) is 72.3. The zero-order chi connectivity index (χ0) is 42.3. The lowest BCUT2D eigenvalue weighted by Gasteiger charge is -2.33. The van der Waals surface area contributed by atoms with Gasteiger partial charge in [0.15, 0.2) is 0 Å². The molecule has 5 heteroatoms. The number of pyridine rings is 2. The van der Waals surface area contributed by atoms with Crippen LogP contribution in [0.4, 0.5) is 51.2 Å². The maximum Gasteiger partial charge on any atom is 0.0645 e. The molecule has 0 saturated carbocycles. The first-order chi connectivity index (χ1) is 31.1. The lowest BCUT2D eigenvalue weighted by molar-refractivity contribution is 1.21. The van der Waals surface area contributed by atoms with E-state index in [2.05, 4.69) is 227 Å². The van der Waals surface area contributed by atoms with Crippen LogP contribution >= 0.6 is 0 Å². The van der Waals surface area contributed by atoms with Crippen LogP contribution in [0.2, 0.25) is 0 Å². The van der Waals surface area contributed by atoms with Crippen molar-refractivity contribution in [2.75, 3.05) is 14.7 Å². The van der Waals surface area contributed by atoms with Crippen molar-refractivity contribution in [3.05, 3.63) is 236 Å². The van der Waals surface area contributed by atoms with Gasteiger partial charge in [0.25, 0.3) is 0 Å². The second-order valence-electron chi connectivity index (χ2n) is 16.1. The van der Waals surface area contributed by atoms with E-state index >= 15 is 0 Å². The van der Waals surface area contributed by atoms with Crippen molar-refractivity contribution in [2.45, 2.75) is 13.8 Å². The van der Waals surface area contributed by atoms with Gasteiger partial charge in [0.2, 0.25) is 0 Å². The Balaban J connectivity index is 1.34. The Morgan fingerprint density at radius 3 is 1.19 bits per heavy atom. The molecule has 0 N–H and O–H groups in total. The number of aromatic nitrogens is 2. The van der Waals surface area contributed by atoms with Crippen molar-refractivity contribution in [3.63, 3.8) is 0 Å². The minimum absolute atomic E-state index is 0.949. The summed E-state index contributed by atoms with van der Waals surface area (Å²) in [5.74, 6) is 0. The molecule has 0 spiro atoms. The summed E-state index contributed by atoms with van der Waals surface area (Å²) in [5, 5.41) is 7.00. The molecule has 0 atom stereocenters. The van der Waals surface area contributed by atoms with Crippen LogP contribution in [0.15, 0.2) is 225 Å².